The summed E-state index contributed by atoms with van der Waals surface area (Å²) in [6.45, 7) is 85.7. The smallest absolute Gasteiger partial charge is 0.0161 e. The molecule has 6 aliphatic carbocycles. The van der Waals surface area contributed by atoms with Gasteiger partial charge < -0.3 is 0 Å². The Hall–Kier alpha value is -9.36. The van der Waals surface area contributed by atoms with Crippen LogP contribution in [0.1, 0.15) is 455 Å². The first-order chi connectivity index (χ1) is 59.3. The summed E-state index contributed by atoms with van der Waals surface area (Å²) in [5, 5.41) is 0. The summed E-state index contributed by atoms with van der Waals surface area (Å²) in [5.74, 6) is 6.28. The van der Waals surface area contributed by atoms with E-state index in [1.807, 2.05) is 0 Å². The molecule has 0 heteroatoms. The average molecular weight is 1680 g/mol. The van der Waals surface area contributed by atoms with E-state index in [2.05, 4.69) is 475 Å². The Balaban J connectivity index is 0.000000130. The molecule has 12 aromatic carbocycles. The maximum absolute atomic E-state index is 2.45. The highest BCUT2D eigenvalue weighted by Gasteiger charge is 2.44. The van der Waals surface area contributed by atoms with Crippen LogP contribution in [0.2, 0.25) is 0 Å². The van der Waals surface area contributed by atoms with E-state index in [1.165, 1.54) is 189 Å². The van der Waals surface area contributed by atoms with E-state index >= 15 is 0 Å². The van der Waals surface area contributed by atoms with Crippen molar-refractivity contribution in [1.29, 1.82) is 0 Å². The van der Waals surface area contributed by atoms with E-state index < -0.39 is 0 Å². The molecule has 18 rings (SSSR count). The molecule has 0 atom stereocenters. The largest absolute Gasteiger partial charge is 0.0619 e. The zero-order valence-corrected chi connectivity index (χ0v) is 85.6. The fourth-order valence-corrected chi connectivity index (χ4v) is 22.3. The highest BCUT2D eigenvalue weighted by Crippen LogP contribution is 2.59. The third-order valence-electron chi connectivity index (χ3n) is 30.3. The SMILES string of the molecule is CC(C)c1cc(C(C)C)c2c(c1)C(C)(C)c1ccccc1-2.CC(C)c1cc2c(c(C(C)C)c1)C(C)(C)c1ccccc1-2.CC(C)c1ccc2c(c1)-c1cc(C(C)(C)C)ccc1C2(C)C.CC(C)c1ccc2c(c1)-c1ccc(C(C)C)cc1C2(C)C.CC(C)c1ccc2c(c1)-c1cccc(C(C)C)c1C2(C)C.CC(C)c1ccc2c(c1C(C)C)-c1ccccc1C2(C)C. The third-order valence-corrected chi connectivity index (χ3v) is 30.3. The lowest BCUT2D eigenvalue weighted by atomic mass is 9.77. The quantitative estimate of drug-likeness (QED) is 0.121. The Morgan fingerprint density at radius 1 is 0.181 bits per heavy atom. The Bertz CT molecular complexity index is 6080. The van der Waals surface area contributed by atoms with Gasteiger partial charge in [-0.25, -0.2) is 0 Å². The molecule has 0 unspecified atom stereocenters. The molecule has 0 N–H and O–H groups in total. The molecule has 0 spiro atoms. The summed E-state index contributed by atoms with van der Waals surface area (Å²) in [6, 6.07) is 83.5. The summed E-state index contributed by atoms with van der Waals surface area (Å²) >= 11 is 0. The van der Waals surface area contributed by atoms with Crippen LogP contribution in [0.25, 0.3) is 66.8 Å². The Morgan fingerprint density at radius 2 is 0.496 bits per heavy atom. The minimum absolute atomic E-state index is 0.108. The Labute approximate surface area is 772 Å². The topological polar surface area (TPSA) is 0 Å². The van der Waals surface area contributed by atoms with Crippen LogP contribution < -0.4 is 0 Å². The lowest BCUT2D eigenvalue weighted by Crippen LogP contribution is -2.18. The van der Waals surface area contributed by atoms with Gasteiger partial charge in [-0.05, 0) is 271 Å². The summed E-state index contributed by atoms with van der Waals surface area (Å²) in [7, 11) is 0. The van der Waals surface area contributed by atoms with Crippen LogP contribution in [-0.4, -0.2) is 0 Å². The van der Waals surface area contributed by atoms with Crippen molar-refractivity contribution in [2.24, 2.45) is 0 Å². The number of hydrogen-bond acceptors (Lipinski definition) is 0. The number of benzene rings is 12. The van der Waals surface area contributed by atoms with Gasteiger partial charge in [0.05, 0.1) is 0 Å². The van der Waals surface area contributed by atoms with Gasteiger partial charge in [-0.2, -0.15) is 0 Å². The molecule has 0 aromatic heterocycles. The standard InChI is InChI=1S/C22H28.5C21H26/c1-14(2)15-8-10-19-17(12-15)18-13-16(21(3,4)5)9-11-20(18)22(19,6)7;1-13(2)15-8-10-19-18(11-15)17-9-7-16(14(3)4)12-20(17)21(19,5)6;1-13(2)15-10-11-19-18(12-15)17-9-7-8-16(14(3)4)20(17)21(19,5)6;1-13(2)15-11-17(14(3)4)20-18(12-15)16-9-7-8-10-19(16)21(20,5)6;1-13(2)15-11-17(14(3)4)20-16-9-7-8-10-18(16)21(5,6)19(20)12-15;1-13(2)15-11-12-18-20(19(15)14(3)4)16-9-7-8-10-17(16)21(18,5)6/h8-14H,1-7H3;5*7-14H,1-6H3. The van der Waals surface area contributed by atoms with Crippen LogP contribution in [0.15, 0.2) is 218 Å². The molecule has 0 nitrogen and oxygen atoms in total. The molecule has 0 radical (unpaired) electrons. The van der Waals surface area contributed by atoms with Crippen molar-refractivity contribution in [3.8, 4) is 66.8 Å². The summed E-state index contributed by atoms with van der Waals surface area (Å²) < 4.78 is 0. The van der Waals surface area contributed by atoms with Gasteiger partial charge in [-0.1, -0.05) is 475 Å². The van der Waals surface area contributed by atoms with Crippen molar-refractivity contribution >= 4 is 0 Å². The average Bonchev–Trinajstić information content (AvgIpc) is 1.59. The molecule has 127 heavy (non-hydrogen) atoms. The van der Waals surface area contributed by atoms with E-state index in [1.54, 1.807) is 11.1 Å². The molecule has 0 fully saturated rings. The van der Waals surface area contributed by atoms with Gasteiger partial charge in [0.15, 0.2) is 0 Å². The van der Waals surface area contributed by atoms with E-state index in [0.717, 1.165) is 0 Å². The second-order valence-corrected chi connectivity index (χ2v) is 46.1. The predicted molar refractivity (Wildman–Crippen MR) is 558 cm³/mol. The molecular weight excluding hydrogens is 1530 g/mol. The fourth-order valence-electron chi connectivity index (χ4n) is 22.3. The van der Waals surface area contributed by atoms with Crippen molar-refractivity contribution in [3.63, 3.8) is 0 Å². The first-order valence-electron chi connectivity index (χ1n) is 49.0. The Morgan fingerprint density at radius 3 is 0.961 bits per heavy atom. The molecular formula is C127H158. The molecule has 0 bridgehead atoms. The molecule has 0 saturated carbocycles. The van der Waals surface area contributed by atoms with Crippen molar-refractivity contribution in [1.82, 2.24) is 0 Å². The minimum atomic E-state index is 0.108. The predicted octanol–water partition coefficient (Wildman–Crippen LogP) is 37.6. The van der Waals surface area contributed by atoms with Gasteiger partial charge in [0.1, 0.15) is 0 Å². The summed E-state index contributed by atoms with van der Waals surface area (Å²) in [5.41, 5.74) is 53.9. The first-order valence-corrected chi connectivity index (χ1v) is 49.0. The zero-order chi connectivity index (χ0) is 93.1. The second kappa shape index (κ2) is 35.5. The van der Waals surface area contributed by atoms with E-state index in [0.29, 0.717) is 65.1 Å². The van der Waals surface area contributed by atoms with Crippen molar-refractivity contribution in [2.45, 2.75) is 359 Å². The van der Waals surface area contributed by atoms with Gasteiger partial charge in [0.25, 0.3) is 0 Å². The van der Waals surface area contributed by atoms with Crippen LogP contribution >= 0.6 is 0 Å². The maximum Gasteiger partial charge on any atom is 0.0161 e. The number of fused-ring (bicyclic) bond motifs is 18. The lowest BCUT2D eigenvalue weighted by Gasteiger charge is -2.27. The Kier molecular flexibility index (Phi) is 26.6. The molecule has 0 aliphatic heterocycles. The summed E-state index contributed by atoms with van der Waals surface area (Å²) in [6.07, 6.45) is 0. The van der Waals surface area contributed by atoms with Gasteiger partial charge >= 0.3 is 0 Å². The lowest BCUT2D eigenvalue weighted by molar-refractivity contribution is 0.589. The van der Waals surface area contributed by atoms with E-state index in [4.69, 9.17) is 0 Å². The fraction of sp³-hybridized carbons (Fsp3) is 0.433. The van der Waals surface area contributed by atoms with Crippen LogP contribution in [0.5, 0.6) is 0 Å². The molecule has 0 saturated heterocycles. The van der Waals surface area contributed by atoms with E-state index in [-0.39, 0.29) is 37.9 Å². The molecule has 0 amide bonds. The number of rotatable bonds is 11. The highest BCUT2D eigenvalue weighted by molar-refractivity contribution is 5.89. The normalized spacial score (nSPS) is 15.5. The zero-order valence-electron chi connectivity index (χ0n) is 85.6. The van der Waals surface area contributed by atoms with Gasteiger partial charge in [-0.3, -0.25) is 0 Å². The molecule has 0 heterocycles. The van der Waals surface area contributed by atoms with E-state index in [9.17, 15) is 0 Å². The van der Waals surface area contributed by atoms with Gasteiger partial charge in [0, 0.05) is 32.5 Å². The van der Waals surface area contributed by atoms with Crippen LogP contribution in [0.4, 0.5) is 0 Å². The molecule has 666 valence electrons. The van der Waals surface area contributed by atoms with Crippen molar-refractivity contribution in [3.05, 3.63) is 352 Å². The number of hydrogen-bond donors (Lipinski definition) is 0. The minimum Gasteiger partial charge on any atom is -0.0619 e. The van der Waals surface area contributed by atoms with Gasteiger partial charge in [-0.15, -0.1) is 0 Å². The highest BCUT2D eigenvalue weighted by atomic mass is 14.5. The third kappa shape index (κ3) is 17.3. The second-order valence-electron chi connectivity index (χ2n) is 46.1. The summed E-state index contributed by atoms with van der Waals surface area (Å²) in [4.78, 5) is 0. The maximum atomic E-state index is 2.45. The molecule has 6 aliphatic rings. The molecule has 12 aromatic rings. The van der Waals surface area contributed by atoms with Crippen LogP contribution in [-0.2, 0) is 37.9 Å². The van der Waals surface area contributed by atoms with Crippen LogP contribution in [0, 0.1) is 0 Å². The van der Waals surface area contributed by atoms with Crippen LogP contribution in [0.3, 0.4) is 0 Å². The monoisotopic (exact) mass is 1680 g/mol. The first kappa shape index (κ1) is 95.2. The van der Waals surface area contributed by atoms with Crippen molar-refractivity contribution < 1.29 is 0 Å². The van der Waals surface area contributed by atoms with Gasteiger partial charge in [0.2, 0.25) is 0 Å². The van der Waals surface area contributed by atoms with Crippen molar-refractivity contribution in [2.75, 3.05) is 0 Å².